The highest BCUT2D eigenvalue weighted by Gasteiger charge is 2.50. The third kappa shape index (κ3) is 4.13. The second-order valence-corrected chi connectivity index (χ2v) is 7.64. The smallest absolute Gasteiger partial charge is 0.335 e. The summed E-state index contributed by atoms with van der Waals surface area (Å²) in [6, 6.07) is 16.0. The number of esters is 1. The summed E-state index contributed by atoms with van der Waals surface area (Å²) >= 11 is 0. The predicted molar refractivity (Wildman–Crippen MR) is 108 cm³/mol. The lowest BCUT2D eigenvalue weighted by molar-refractivity contribution is -0.141. The van der Waals surface area contributed by atoms with Crippen LogP contribution in [0.25, 0.3) is 0 Å². The van der Waals surface area contributed by atoms with Crippen LogP contribution in [0.3, 0.4) is 0 Å². The number of fused-ring (bicyclic) bond motifs is 1. The van der Waals surface area contributed by atoms with Crippen molar-refractivity contribution in [2.45, 2.75) is 24.9 Å². The standard InChI is InChI=1S/C24H22O6/c25-15(14-29-16-6-2-1-3-7-16)10-11-18-20(12-22-21(18)13-23(26)30-22)17-8-4-5-9-19(17)24(27)28/h1-11,18,20-22H,12-14H2,(H,27,28)/t18-,20+,21-,22+/m1/s1. The maximum atomic E-state index is 12.3. The minimum absolute atomic E-state index is 0.0663. The molecule has 2 aliphatic rings. The van der Waals surface area contributed by atoms with Crippen LogP contribution in [0.2, 0.25) is 0 Å². The molecule has 0 aromatic heterocycles. The van der Waals surface area contributed by atoms with Crippen molar-refractivity contribution in [1.29, 1.82) is 0 Å². The molecule has 154 valence electrons. The van der Waals surface area contributed by atoms with Crippen molar-refractivity contribution in [3.8, 4) is 5.75 Å². The number of carbonyl (C=O) groups is 3. The Bertz CT molecular complexity index is 980. The van der Waals surface area contributed by atoms with Crippen LogP contribution < -0.4 is 4.74 Å². The quantitative estimate of drug-likeness (QED) is 0.558. The number of hydrogen-bond donors (Lipinski definition) is 1. The van der Waals surface area contributed by atoms with Crippen molar-refractivity contribution in [1.82, 2.24) is 0 Å². The first kappa shape index (κ1) is 19.9. The molecule has 4 rings (SSSR count). The first-order valence-corrected chi connectivity index (χ1v) is 9.93. The molecule has 0 spiro atoms. The van der Waals surface area contributed by atoms with E-state index in [1.54, 1.807) is 36.4 Å². The highest BCUT2D eigenvalue weighted by Crippen LogP contribution is 2.50. The highest BCUT2D eigenvalue weighted by molar-refractivity contribution is 5.91. The molecule has 6 heteroatoms. The minimum atomic E-state index is -0.991. The van der Waals surface area contributed by atoms with E-state index < -0.39 is 5.97 Å². The number of carbonyl (C=O) groups excluding carboxylic acids is 2. The molecule has 0 bridgehead atoms. The molecule has 0 amide bonds. The molecule has 2 aromatic rings. The summed E-state index contributed by atoms with van der Waals surface area (Å²) in [6.45, 7) is -0.0901. The van der Waals surface area contributed by atoms with Crippen molar-refractivity contribution < 1.29 is 29.0 Å². The molecular formula is C24H22O6. The molecule has 1 saturated carbocycles. The van der Waals surface area contributed by atoms with Crippen LogP contribution in [0.5, 0.6) is 5.75 Å². The Kier molecular flexibility index (Phi) is 5.65. The number of carboxylic acids is 1. The number of aromatic carboxylic acids is 1. The van der Waals surface area contributed by atoms with Gasteiger partial charge >= 0.3 is 11.9 Å². The Morgan fingerprint density at radius 2 is 1.83 bits per heavy atom. The van der Waals surface area contributed by atoms with Crippen molar-refractivity contribution in [3.63, 3.8) is 0 Å². The average molecular weight is 406 g/mol. The number of allylic oxidation sites excluding steroid dienone is 1. The molecule has 1 saturated heterocycles. The number of hydrogen-bond acceptors (Lipinski definition) is 5. The van der Waals surface area contributed by atoms with Gasteiger partial charge in [-0.1, -0.05) is 42.5 Å². The summed E-state index contributed by atoms with van der Waals surface area (Å²) < 4.78 is 10.9. The van der Waals surface area contributed by atoms with Gasteiger partial charge in [0.1, 0.15) is 11.9 Å². The highest BCUT2D eigenvalue weighted by atomic mass is 16.6. The fourth-order valence-corrected chi connectivity index (χ4v) is 4.50. The summed E-state index contributed by atoms with van der Waals surface area (Å²) in [6.07, 6.45) is 3.85. The maximum Gasteiger partial charge on any atom is 0.335 e. The number of carboxylic acid groups (broad SMARTS) is 1. The summed E-state index contributed by atoms with van der Waals surface area (Å²) in [5.74, 6) is -1.19. The van der Waals surface area contributed by atoms with Crippen LogP contribution >= 0.6 is 0 Å². The molecule has 30 heavy (non-hydrogen) atoms. The largest absolute Gasteiger partial charge is 0.485 e. The topological polar surface area (TPSA) is 89.9 Å². The first-order valence-electron chi connectivity index (χ1n) is 9.93. The lowest BCUT2D eigenvalue weighted by Crippen LogP contribution is -2.17. The van der Waals surface area contributed by atoms with Crippen LogP contribution in [-0.4, -0.2) is 35.5 Å². The van der Waals surface area contributed by atoms with Gasteiger partial charge in [0, 0.05) is 5.92 Å². The number of benzene rings is 2. The van der Waals surface area contributed by atoms with Crippen molar-refractivity contribution in [3.05, 3.63) is 77.9 Å². The fourth-order valence-electron chi connectivity index (χ4n) is 4.50. The van der Waals surface area contributed by atoms with Gasteiger partial charge in [-0.15, -0.1) is 0 Å². The zero-order chi connectivity index (χ0) is 21.1. The molecule has 1 aliphatic heterocycles. The van der Waals surface area contributed by atoms with Gasteiger partial charge in [-0.25, -0.2) is 4.79 Å². The predicted octanol–water partition coefficient (Wildman–Crippen LogP) is 3.62. The number of para-hydroxylation sites is 1. The Labute approximate surface area is 174 Å². The minimum Gasteiger partial charge on any atom is -0.485 e. The molecule has 4 atom stereocenters. The maximum absolute atomic E-state index is 12.3. The zero-order valence-electron chi connectivity index (χ0n) is 16.3. The normalized spacial score (nSPS) is 25.1. The molecule has 0 radical (unpaired) electrons. The van der Waals surface area contributed by atoms with Gasteiger partial charge < -0.3 is 14.6 Å². The molecule has 1 N–H and O–H groups in total. The summed E-state index contributed by atoms with van der Waals surface area (Å²) in [5.41, 5.74) is 0.948. The van der Waals surface area contributed by atoms with E-state index in [2.05, 4.69) is 0 Å². The molecule has 2 aromatic carbocycles. The second kappa shape index (κ2) is 8.53. The Hall–Kier alpha value is -3.41. The van der Waals surface area contributed by atoms with E-state index in [1.165, 1.54) is 6.08 Å². The Morgan fingerprint density at radius 1 is 1.10 bits per heavy atom. The number of rotatable bonds is 7. The van der Waals surface area contributed by atoms with Gasteiger partial charge in [0.25, 0.3) is 0 Å². The lowest BCUT2D eigenvalue weighted by Gasteiger charge is -2.21. The third-order valence-electron chi connectivity index (χ3n) is 5.83. The molecular weight excluding hydrogens is 384 g/mol. The van der Waals surface area contributed by atoms with E-state index in [9.17, 15) is 19.5 Å². The van der Waals surface area contributed by atoms with E-state index >= 15 is 0 Å². The summed E-state index contributed by atoms with van der Waals surface area (Å²) in [7, 11) is 0. The average Bonchev–Trinajstić information content (AvgIpc) is 3.27. The first-order chi connectivity index (χ1) is 14.5. The number of ether oxygens (including phenoxy) is 2. The van der Waals surface area contributed by atoms with Crippen LogP contribution in [0.4, 0.5) is 0 Å². The monoisotopic (exact) mass is 406 g/mol. The van der Waals surface area contributed by atoms with E-state index in [1.807, 2.05) is 24.3 Å². The van der Waals surface area contributed by atoms with Gasteiger partial charge in [-0.05, 0) is 48.1 Å². The van der Waals surface area contributed by atoms with Crippen molar-refractivity contribution in [2.75, 3.05) is 6.61 Å². The molecule has 1 aliphatic carbocycles. The van der Waals surface area contributed by atoms with Crippen molar-refractivity contribution >= 4 is 17.7 Å². The molecule has 1 heterocycles. The Morgan fingerprint density at radius 3 is 2.60 bits per heavy atom. The van der Waals surface area contributed by atoms with Crippen molar-refractivity contribution in [2.24, 2.45) is 11.8 Å². The SMILES string of the molecule is O=C(C=C[C@H]1[C@H]2CC(=O)O[C@H]2C[C@H]1c1ccccc1C(=O)O)COc1ccccc1. The van der Waals surface area contributed by atoms with Gasteiger partial charge in [-0.2, -0.15) is 0 Å². The summed E-state index contributed by atoms with van der Waals surface area (Å²) in [4.78, 5) is 35.8. The zero-order valence-corrected chi connectivity index (χ0v) is 16.3. The molecule has 2 fully saturated rings. The molecule has 6 nitrogen and oxygen atoms in total. The van der Waals surface area contributed by atoms with E-state index in [0.717, 1.165) is 0 Å². The lowest BCUT2D eigenvalue weighted by atomic mass is 9.81. The molecule has 0 unspecified atom stereocenters. The second-order valence-electron chi connectivity index (χ2n) is 7.64. The van der Waals surface area contributed by atoms with Crippen LogP contribution in [0, 0.1) is 11.8 Å². The third-order valence-corrected chi connectivity index (χ3v) is 5.83. The Balaban J connectivity index is 1.53. The van der Waals surface area contributed by atoms with Gasteiger partial charge in [-0.3, -0.25) is 9.59 Å². The number of ketones is 1. The van der Waals surface area contributed by atoms with Gasteiger partial charge in [0.05, 0.1) is 12.0 Å². The van der Waals surface area contributed by atoms with E-state index in [-0.39, 0.29) is 54.2 Å². The summed E-state index contributed by atoms with van der Waals surface area (Å²) in [5, 5.41) is 9.58. The van der Waals surface area contributed by atoms with Crippen LogP contribution in [0.1, 0.15) is 34.7 Å². The van der Waals surface area contributed by atoms with E-state index in [4.69, 9.17) is 9.47 Å². The van der Waals surface area contributed by atoms with E-state index in [0.29, 0.717) is 17.7 Å². The van der Waals surface area contributed by atoms with Gasteiger partial charge in [0.15, 0.2) is 12.4 Å². The van der Waals surface area contributed by atoms with Crippen LogP contribution in [0.15, 0.2) is 66.7 Å². The van der Waals surface area contributed by atoms with Gasteiger partial charge in [0.2, 0.25) is 0 Å². The fraction of sp³-hybridized carbons (Fsp3) is 0.292. The van der Waals surface area contributed by atoms with Crippen LogP contribution in [-0.2, 0) is 14.3 Å².